The Balaban J connectivity index is 1.84. The number of hydrogen-bond donors (Lipinski definition) is 2. The fourth-order valence-electron chi connectivity index (χ4n) is 2.26. The molecular weight excluding hydrogens is 450 g/mol. The monoisotopic (exact) mass is 467 g/mol. The fraction of sp³-hybridized carbons (Fsp3) is 0.222. The van der Waals surface area contributed by atoms with Gasteiger partial charge >= 0.3 is 0 Å². The Hall–Kier alpha value is -1.70. The minimum Gasteiger partial charge on any atom is -0.325 e. The number of hydrogen-bond acceptors (Lipinski definition) is 3. The zero-order chi connectivity index (χ0) is 18.4. The van der Waals surface area contributed by atoms with E-state index in [4.69, 9.17) is 0 Å². The summed E-state index contributed by atoms with van der Waals surface area (Å²) in [6.45, 7) is 2.17. The molecule has 2 aromatic carbocycles. The lowest BCUT2D eigenvalue weighted by atomic mass is 10.2. The van der Waals surface area contributed by atoms with Crippen LogP contribution in [0.2, 0.25) is 0 Å². The van der Waals surface area contributed by atoms with E-state index in [1.807, 2.05) is 49.4 Å². The number of anilines is 2. The summed E-state index contributed by atoms with van der Waals surface area (Å²) in [5.41, 5.74) is 2.44. The summed E-state index contributed by atoms with van der Waals surface area (Å²) in [4.78, 5) is 25.9. The zero-order valence-corrected chi connectivity index (χ0v) is 17.1. The zero-order valence-electron chi connectivity index (χ0n) is 14.0. The van der Waals surface area contributed by atoms with Crippen molar-refractivity contribution in [1.29, 1.82) is 0 Å². The highest BCUT2D eigenvalue weighted by molar-refractivity contribution is 9.10. The highest BCUT2D eigenvalue weighted by atomic mass is 79.9. The van der Waals surface area contributed by atoms with Gasteiger partial charge < -0.3 is 10.6 Å². The van der Waals surface area contributed by atoms with Crippen LogP contribution in [0.25, 0.3) is 0 Å². The molecule has 0 radical (unpaired) electrons. The van der Waals surface area contributed by atoms with Crippen LogP contribution in [0.5, 0.6) is 0 Å². The number of nitrogens with zero attached hydrogens (tertiary/aromatic N) is 1. The fourth-order valence-corrected chi connectivity index (χ4v) is 3.12. The lowest BCUT2D eigenvalue weighted by Gasteiger charge is -2.17. The average molecular weight is 469 g/mol. The number of likely N-dealkylation sites (N-methyl/N-ethyl adjacent to an activating group) is 1. The molecule has 5 nitrogen and oxygen atoms in total. The third kappa shape index (κ3) is 6.26. The van der Waals surface area contributed by atoms with Crippen molar-refractivity contribution in [2.45, 2.75) is 6.92 Å². The van der Waals surface area contributed by atoms with Gasteiger partial charge in [-0.1, -0.05) is 28.1 Å². The second-order valence-electron chi connectivity index (χ2n) is 5.71. The number of para-hydroxylation sites is 1. The first-order valence-corrected chi connectivity index (χ1v) is 9.22. The van der Waals surface area contributed by atoms with Gasteiger partial charge in [-0.3, -0.25) is 14.5 Å². The molecule has 132 valence electrons. The van der Waals surface area contributed by atoms with Crippen LogP contribution in [0, 0.1) is 6.92 Å². The normalized spacial score (nSPS) is 10.6. The molecule has 0 spiro atoms. The van der Waals surface area contributed by atoms with Crippen LogP contribution in [0.1, 0.15) is 5.56 Å². The first-order valence-electron chi connectivity index (χ1n) is 7.64. The van der Waals surface area contributed by atoms with Crippen LogP contribution in [-0.2, 0) is 9.59 Å². The van der Waals surface area contributed by atoms with Crippen LogP contribution >= 0.6 is 31.9 Å². The van der Waals surface area contributed by atoms with E-state index in [9.17, 15) is 9.59 Å². The van der Waals surface area contributed by atoms with Crippen molar-refractivity contribution >= 4 is 55.0 Å². The van der Waals surface area contributed by atoms with Gasteiger partial charge in [-0.15, -0.1) is 0 Å². The summed E-state index contributed by atoms with van der Waals surface area (Å²) in [6, 6.07) is 13.0. The van der Waals surface area contributed by atoms with Crippen LogP contribution in [0.3, 0.4) is 0 Å². The Kier molecular flexibility index (Phi) is 7.16. The molecule has 0 aliphatic heterocycles. The number of nitrogens with one attached hydrogen (secondary N) is 2. The molecule has 0 aromatic heterocycles. The number of amides is 2. The predicted octanol–water partition coefficient (Wildman–Crippen LogP) is 4.03. The summed E-state index contributed by atoms with van der Waals surface area (Å²) in [7, 11) is 1.73. The van der Waals surface area contributed by atoms with Gasteiger partial charge in [0, 0.05) is 14.6 Å². The molecule has 0 atom stereocenters. The van der Waals surface area contributed by atoms with E-state index in [0.717, 1.165) is 20.2 Å². The van der Waals surface area contributed by atoms with E-state index < -0.39 is 0 Å². The molecule has 2 rings (SSSR count). The van der Waals surface area contributed by atoms with Crippen LogP contribution < -0.4 is 10.6 Å². The van der Waals surface area contributed by atoms with E-state index in [0.29, 0.717) is 5.69 Å². The van der Waals surface area contributed by atoms with Crippen molar-refractivity contribution < 1.29 is 9.59 Å². The average Bonchev–Trinajstić information content (AvgIpc) is 2.52. The van der Waals surface area contributed by atoms with Gasteiger partial charge in [0.15, 0.2) is 0 Å². The van der Waals surface area contributed by atoms with Crippen LogP contribution in [0.15, 0.2) is 51.4 Å². The Bertz CT molecular complexity index is 781. The standard InChI is InChI=1S/C18H19Br2N3O2/c1-12-9-13(19)7-8-15(12)21-17(24)10-23(2)11-18(25)22-16-6-4-3-5-14(16)20/h3-9H,10-11H2,1-2H3,(H,21,24)(H,22,25). The lowest BCUT2D eigenvalue weighted by Crippen LogP contribution is -2.36. The Morgan fingerprint density at radius 1 is 0.960 bits per heavy atom. The molecule has 0 aliphatic carbocycles. The maximum absolute atomic E-state index is 12.2. The molecule has 0 saturated carbocycles. The van der Waals surface area contributed by atoms with E-state index in [1.54, 1.807) is 11.9 Å². The van der Waals surface area contributed by atoms with Gasteiger partial charge in [-0.05, 0) is 65.8 Å². The summed E-state index contributed by atoms with van der Waals surface area (Å²) in [5.74, 6) is -0.344. The second-order valence-corrected chi connectivity index (χ2v) is 7.48. The largest absolute Gasteiger partial charge is 0.325 e. The molecule has 0 aliphatic rings. The number of rotatable bonds is 6. The smallest absolute Gasteiger partial charge is 0.238 e. The lowest BCUT2D eigenvalue weighted by molar-refractivity contribution is -0.119. The summed E-state index contributed by atoms with van der Waals surface area (Å²) >= 11 is 6.78. The van der Waals surface area contributed by atoms with Gasteiger partial charge in [-0.2, -0.15) is 0 Å². The molecule has 2 N–H and O–H groups in total. The summed E-state index contributed by atoms with van der Waals surface area (Å²) in [5, 5.41) is 5.67. The van der Waals surface area contributed by atoms with Crippen molar-refractivity contribution in [1.82, 2.24) is 4.90 Å². The summed E-state index contributed by atoms with van der Waals surface area (Å²) < 4.78 is 1.78. The van der Waals surface area contributed by atoms with E-state index >= 15 is 0 Å². The number of benzene rings is 2. The summed E-state index contributed by atoms with van der Waals surface area (Å²) in [6.07, 6.45) is 0. The molecule has 0 bridgehead atoms. The van der Waals surface area contributed by atoms with Gasteiger partial charge in [0.25, 0.3) is 0 Å². The molecule has 0 saturated heterocycles. The van der Waals surface area contributed by atoms with Crippen molar-refractivity contribution in [2.75, 3.05) is 30.8 Å². The maximum Gasteiger partial charge on any atom is 0.238 e. The molecule has 0 heterocycles. The first kappa shape index (κ1) is 19.6. The SMILES string of the molecule is Cc1cc(Br)ccc1NC(=O)CN(C)CC(=O)Nc1ccccc1Br. The molecule has 0 unspecified atom stereocenters. The number of aryl methyl sites for hydroxylation is 1. The third-order valence-corrected chi connectivity index (χ3v) is 4.62. The number of halogens is 2. The molecule has 25 heavy (non-hydrogen) atoms. The maximum atomic E-state index is 12.2. The highest BCUT2D eigenvalue weighted by Crippen LogP contribution is 2.21. The molecule has 0 fully saturated rings. The Morgan fingerprint density at radius 3 is 2.16 bits per heavy atom. The topological polar surface area (TPSA) is 61.4 Å². The van der Waals surface area contributed by atoms with Crippen molar-refractivity contribution in [3.63, 3.8) is 0 Å². The van der Waals surface area contributed by atoms with Gasteiger partial charge in [0.2, 0.25) is 11.8 Å². The van der Waals surface area contributed by atoms with Crippen LogP contribution in [-0.4, -0.2) is 36.9 Å². The number of carbonyl (C=O) groups is 2. The van der Waals surface area contributed by atoms with E-state index in [1.165, 1.54) is 0 Å². The Labute approximate surface area is 164 Å². The van der Waals surface area contributed by atoms with E-state index in [2.05, 4.69) is 42.5 Å². The van der Waals surface area contributed by atoms with E-state index in [-0.39, 0.29) is 24.9 Å². The molecular formula is C18H19Br2N3O2. The van der Waals surface area contributed by atoms with Crippen LogP contribution in [0.4, 0.5) is 11.4 Å². The predicted molar refractivity (Wildman–Crippen MR) is 108 cm³/mol. The molecule has 2 amide bonds. The van der Waals surface area contributed by atoms with Crippen molar-refractivity contribution in [3.05, 3.63) is 57.0 Å². The van der Waals surface area contributed by atoms with Crippen molar-refractivity contribution in [3.8, 4) is 0 Å². The highest BCUT2D eigenvalue weighted by Gasteiger charge is 2.12. The van der Waals surface area contributed by atoms with Gasteiger partial charge in [-0.25, -0.2) is 0 Å². The number of carbonyl (C=O) groups excluding carboxylic acids is 2. The third-order valence-electron chi connectivity index (χ3n) is 3.44. The quantitative estimate of drug-likeness (QED) is 0.672. The Morgan fingerprint density at radius 2 is 1.56 bits per heavy atom. The second kappa shape index (κ2) is 9.12. The molecule has 7 heteroatoms. The van der Waals surface area contributed by atoms with Gasteiger partial charge in [0.05, 0.1) is 18.8 Å². The molecule has 2 aromatic rings. The van der Waals surface area contributed by atoms with Gasteiger partial charge in [0.1, 0.15) is 0 Å². The minimum atomic E-state index is -0.179. The minimum absolute atomic E-state index is 0.119. The first-order chi connectivity index (χ1) is 11.8. The van der Waals surface area contributed by atoms with Crippen molar-refractivity contribution in [2.24, 2.45) is 0 Å².